The summed E-state index contributed by atoms with van der Waals surface area (Å²) in [7, 11) is 1.99. The molecule has 0 saturated carbocycles. The van der Waals surface area contributed by atoms with Crippen LogP contribution in [0.2, 0.25) is 0 Å². The number of benzene rings is 1. The van der Waals surface area contributed by atoms with Gasteiger partial charge in [0.05, 0.1) is 6.54 Å². The van der Waals surface area contributed by atoms with E-state index in [4.69, 9.17) is 5.73 Å². The lowest BCUT2D eigenvalue weighted by Gasteiger charge is -2.23. The fraction of sp³-hybridized carbons (Fsp3) is 0.316. The number of nitrogens with one attached hydrogen (secondary N) is 1. The van der Waals surface area contributed by atoms with Gasteiger partial charge >= 0.3 is 0 Å². The highest BCUT2D eigenvalue weighted by Gasteiger charge is 2.30. The van der Waals surface area contributed by atoms with Crippen molar-refractivity contribution in [2.24, 2.45) is 0 Å². The van der Waals surface area contributed by atoms with Crippen molar-refractivity contribution in [2.45, 2.75) is 19.0 Å². The molecule has 0 bridgehead atoms. The molecule has 1 amide bonds. The van der Waals surface area contributed by atoms with Crippen molar-refractivity contribution in [3.63, 3.8) is 0 Å². The zero-order valence-corrected chi connectivity index (χ0v) is 15.0. The molecule has 7 nitrogen and oxygen atoms in total. The molecule has 1 aliphatic heterocycles. The Hall–Kier alpha value is -3.00. The summed E-state index contributed by atoms with van der Waals surface area (Å²) in [6.45, 7) is 1.83. The minimum Gasteiger partial charge on any atom is -0.384 e. The van der Waals surface area contributed by atoms with Crippen molar-refractivity contribution in [1.29, 1.82) is 0 Å². The number of anilines is 1. The first-order valence-corrected chi connectivity index (χ1v) is 8.85. The Labute approximate surface area is 156 Å². The zero-order valence-electron chi connectivity index (χ0n) is 15.0. The topological polar surface area (TPSA) is 91.1 Å². The first-order chi connectivity index (χ1) is 13.0. The number of H-pyrrole nitrogens is 1. The van der Waals surface area contributed by atoms with Crippen LogP contribution in [-0.4, -0.2) is 56.8 Å². The minimum atomic E-state index is -0.330. The highest BCUT2D eigenvalue weighted by atomic mass is 19.1. The predicted octanol–water partition coefficient (Wildman–Crippen LogP) is 2.03. The van der Waals surface area contributed by atoms with E-state index in [2.05, 4.69) is 19.9 Å². The number of likely N-dealkylation sites (N-methyl/N-ethyl adjacent to an activating group) is 1. The number of hydrogen-bond donors (Lipinski definition) is 2. The first kappa shape index (κ1) is 17.4. The Morgan fingerprint density at radius 2 is 2.30 bits per heavy atom. The third-order valence-electron chi connectivity index (χ3n) is 5.03. The van der Waals surface area contributed by atoms with Crippen molar-refractivity contribution in [2.75, 3.05) is 25.9 Å². The summed E-state index contributed by atoms with van der Waals surface area (Å²) in [5, 5.41) is 0.438. The van der Waals surface area contributed by atoms with Gasteiger partial charge in [0, 0.05) is 36.2 Å². The van der Waals surface area contributed by atoms with Gasteiger partial charge in [0.1, 0.15) is 23.2 Å². The monoisotopic (exact) mass is 368 g/mol. The fourth-order valence-electron chi connectivity index (χ4n) is 3.53. The summed E-state index contributed by atoms with van der Waals surface area (Å²) in [6.07, 6.45) is 2.50. The summed E-state index contributed by atoms with van der Waals surface area (Å²) in [4.78, 5) is 28.2. The van der Waals surface area contributed by atoms with Crippen molar-refractivity contribution in [3.8, 4) is 0 Å². The van der Waals surface area contributed by atoms with Crippen molar-refractivity contribution < 1.29 is 9.18 Å². The summed E-state index contributed by atoms with van der Waals surface area (Å²) in [6, 6.07) is 8.24. The second kappa shape index (κ2) is 6.96. The maximum absolute atomic E-state index is 13.9. The number of nitrogens with zero attached hydrogens (tertiary/aromatic N) is 4. The molecule has 0 unspecified atom stereocenters. The molecule has 0 aliphatic carbocycles. The van der Waals surface area contributed by atoms with Crippen LogP contribution >= 0.6 is 0 Å². The molecule has 3 heterocycles. The van der Waals surface area contributed by atoms with Crippen LogP contribution in [0.1, 0.15) is 22.7 Å². The van der Waals surface area contributed by atoms with E-state index in [1.807, 2.05) is 7.05 Å². The molecule has 1 fully saturated rings. The standard InChI is InChI=1S/C19H21FN6O/c1-25(11-18-22-7-5-17(21)24-18)12-6-8-26(10-12)19(27)16-9-13-14(20)3-2-4-15(13)23-16/h2-5,7,9,12,23H,6,8,10-11H2,1H3,(H2,21,22,24)/t12-/m0/s1. The van der Waals surface area contributed by atoms with Crippen molar-refractivity contribution in [3.05, 3.63) is 53.9 Å². The Kier molecular flexibility index (Phi) is 4.49. The van der Waals surface area contributed by atoms with Gasteiger partial charge in [0.2, 0.25) is 0 Å². The molecule has 4 rings (SSSR count). The number of likely N-dealkylation sites (tertiary alicyclic amines) is 1. The van der Waals surface area contributed by atoms with Crippen LogP contribution in [0.25, 0.3) is 10.9 Å². The van der Waals surface area contributed by atoms with Gasteiger partial charge in [-0.15, -0.1) is 0 Å². The number of hydrogen-bond acceptors (Lipinski definition) is 5. The molecular weight excluding hydrogens is 347 g/mol. The van der Waals surface area contributed by atoms with Crippen LogP contribution in [0.15, 0.2) is 36.5 Å². The Morgan fingerprint density at radius 3 is 3.07 bits per heavy atom. The highest BCUT2D eigenvalue weighted by Crippen LogP contribution is 2.22. The number of fused-ring (bicyclic) bond motifs is 1. The summed E-state index contributed by atoms with van der Waals surface area (Å²) < 4.78 is 13.9. The molecule has 1 aromatic carbocycles. The Bertz CT molecular complexity index is 987. The number of carbonyl (C=O) groups is 1. The average Bonchev–Trinajstić information content (AvgIpc) is 3.29. The van der Waals surface area contributed by atoms with Crippen LogP contribution in [0.5, 0.6) is 0 Å². The van der Waals surface area contributed by atoms with Crippen LogP contribution in [0.4, 0.5) is 10.2 Å². The molecule has 3 N–H and O–H groups in total. The summed E-state index contributed by atoms with van der Waals surface area (Å²) >= 11 is 0. The molecule has 2 aromatic heterocycles. The van der Waals surface area contributed by atoms with E-state index in [9.17, 15) is 9.18 Å². The SMILES string of the molecule is CN(Cc1nccc(N)n1)[C@H]1CCN(C(=O)c2cc3c(F)cccc3[nH]2)C1. The van der Waals surface area contributed by atoms with E-state index in [1.54, 1.807) is 35.4 Å². The van der Waals surface area contributed by atoms with Gasteiger partial charge in [0.15, 0.2) is 0 Å². The molecule has 1 aliphatic rings. The van der Waals surface area contributed by atoms with Gasteiger partial charge in [-0.2, -0.15) is 0 Å². The van der Waals surface area contributed by atoms with Gasteiger partial charge in [-0.25, -0.2) is 14.4 Å². The lowest BCUT2D eigenvalue weighted by molar-refractivity contribution is 0.0774. The average molecular weight is 368 g/mol. The zero-order chi connectivity index (χ0) is 19.0. The van der Waals surface area contributed by atoms with Gasteiger partial charge in [-0.05, 0) is 37.7 Å². The number of rotatable bonds is 4. The maximum atomic E-state index is 13.9. The molecule has 140 valence electrons. The molecule has 1 atom stereocenters. The third-order valence-corrected chi connectivity index (χ3v) is 5.03. The first-order valence-electron chi connectivity index (χ1n) is 8.85. The van der Waals surface area contributed by atoms with Crippen LogP contribution in [-0.2, 0) is 6.54 Å². The lowest BCUT2D eigenvalue weighted by Crippen LogP contribution is -2.36. The van der Waals surface area contributed by atoms with Gasteiger partial charge in [0.25, 0.3) is 5.91 Å². The molecule has 27 heavy (non-hydrogen) atoms. The van der Waals surface area contributed by atoms with Crippen LogP contribution in [0.3, 0.4) is 0 Å². The van der Waals surface area contributed by atoms with E-state index in [0.717, 1.165) is 6.42 Å². The van der Waals surface area contributed by atoms with E-state index >= 15 is 0 Å². The number of nitrogen functional groups attached to an aromatic ring is 1. The van der Waals surface area contributed by atoms with E-state index in [-0.39, 0.29) is 17.8 Å². The predicted molar refractivity (Wildman–Crippen MR) is 100 cm³/mol. The third kappa shape index (κ3) is 3.48. The quantitative estimate of drug-likeness (QED) is 0.735. The number of amides is 1. The molecular formula is C19H21FN6O. The largest absolute Gasteiger partial charge is 0.384 e. The summed E-state index contributed by atoms with van der Waals surface area (Å²) in [5.41, 5.74) is 6.75. The normalized spacial score (nSPS) is 17.1. The van der Waals surface area contributed by atoms with E-state index in [0.29, 0.717) is 47.9 Å². The van der Waals surface area contributed by atoms with E-state index in [1.165, 1.54) is 6.07 Å². The molecule has 0 spiro atoms. The number of aromatic nitrogens is 3. The fourth-order valence-corrected chi connectivity index (χ4v) is 3.53. The number of nitrogens with two attached hydrogens (primary N) is 1. The molecule has 3 aromatic rings. The smallest absolute Gasteiger partial charge is 0.270 e. The Morgan fingerprint density at radius 1 is 1.44 bits per heavy atom. The highest BCUT2D eigenvalue weighted by molar-refractivity contribution is 5.98. The molecule has 8 heteroatoms. The van der Waals surface area contributed by atoms with Gasteiger partial charge < -0.3 is 15.6 Å². The number of halogens is 1. The number of aromatic amines is 1. The molecule has 0 radical (unpaired) electrons. The lowest BCUT2D eigenvalue weighted by atomic mass is 10.2. The van der Waals surface area contributed by atoms with Gasteiger partial charge in [-0.3, -0.25) is 9.69 Å². The van der Waals surface area contributed by atoms with Crippen LogP contribution in [0, 0.1) is 5.82 Å². The van der Waals surface area contributed by atoms with Crippen LogP contribution < -0.4 is 5.73 Å². The van der Waals surface area contributed by atoms with Crippen molar-refractivity contribution >= 4 is 22.6 Å². The maximum Gasteiger partial charge on any atom is 0.270 e. The van der Waals surface area contributed by atoms with Crippen molar-refractivity contribution in [1.82, 2.24) is 24.8 Å². The van der Waals surface area contributed by atoms with E-state index < -0.39 is 0 Å². The van der Waals surface area contributed by atoms with Gasteiger partial charge in [-0.1, -0.05) is 6.07 Å². The number of carbonyl (C=O) groups excluding carboxylic acids is 1. The Balaban J connectivity index is 1.43. The minimum absolute atomic E-state index is 0.110. The molecule has 1 saturated heterocycles. The summed E-state index contributed by atoms with van der Waals surface area (Å²) in [5.74, 6) is 0.668. The second-order valence-electron chi connectivity index (χ2n) is 6.89. The second-order valence-corrected chi connectivity index (χ2v) is 6.89.